The molecule has 1 aliphatic rings. The monoisotopic (exact) mass is 464 g/mol. The molecule has 1 atom stereocenters. The number of aliphatic hydroxyl groups is 1. The van der Waals surface area contributed by atoms with Crippen LogP contribution in [0.1, 0.15) is 22.7 Å². The first-order valence-corrected chi connectivity index (χ1v) is 10.5. The number of carbonyl (C=O) groups excluding carboxylic acids is 2. The summed E-state index contributed by atoms with van der Waals surface area (Å²) in [4.78, 5) is 31.8. The van der Waals surface area contributed by atoms with E-state index in [0.29, 0.717) is 22.1 Å². The van der Waals surface area contributed by atoms with Gasteiger partial charge in [-0.25, -0.2) is 0 Å². The van der Waals surface area contributed by atoms with Crippen molar-refractivity contribution in [3.05, 3.63) is 94.3 Å². The molecule has 0 spiro atoms. The fourth-order valence-corrected chi connectivity index (χ4v) is 4.09. The third-order valence-corrected chi connectivity index (χ3v) is 5.70. The van der Waals surface area contributed by atoms with E-state index >= 15 is 0 Å². The number of benzene rings is 2. The number of ether oxygens (including phenoxy) is 2. The van der Waals surface area contributed by atoms with Crippen LogP contribution in [0.4, 0.5) is 0 Å². The lowest BCUT2D eigenvalue weighted by atomic mass is 9.95. The van der Waals surface area contributed by atoms with Gasteiger partial charge in [0.1, 0.15) is 17.3 Å². The molecule has 168 valence electrons. The molecule has 0 aliphatic carbocycles. The summed E-state index contributed by atoms with van der Waals surface area (Å²) in [5.74, 6) is -0.915. The number of hydrogen-bond donors (Lipinski definition) is 1. The maximum absolute atomic E-state index is 13.2. The zero-order chi connectivity index (χ0) is 23.5. The average Bonchev–Trinajstić information content (AvgIpc) is 3.09. The molecule has 1 aromatic heterocycles. The van der Waals surface area contributed by atoms with Gasteiger partial charge in [0, 0.05) is 24.0 Å². The quantitative estimate of drug-likeness (QED) is 0.331. The summed E-state index contributed by atoms with van der Waals surface area (Å²) in [6, 6.07) is 14.5. The summed E-state index contributed by atoms with van der Waals surface area (Å²) >= 11 is 6.14. The molecule has 3 aromatic rings. The lowest BCUT2D eigenvalue weighted by Crippen LogP contribution is -2.29. The lowest BCUT2D eigenvalue weighted by Gasteiger charge is -2.25. The number of aliphatic hydroxyl groups excluding tert-OH is 1. The Hall–Kier alpha value is -3.84. The molecule has 1 unspecified atom stereocenters. The van der Waals surface area contributed by atoms with Gasteiger partial charge in [-0.1, -0.05) is 23.7 Å². The number of pyridine rings is 1. The Morgan fingerprint density at radius 2 is 1.82 bits per heavy atom. The van der Waals surface area contributed by atoms with Crippen molar-refractivity contribution in [2.24, 2.45) is 0 Å². The average molecular weight is 465 g/mol. The number of amides is 1. The molecule has 0 radical (unpaired) electrons. The molecule has 4 rings (SSSR count). The molecule has 7 nitrogen and oxygen atoms in total. The van der Waals surface area contributed by atoms with Crippen molar-refractivity contribution in [2.75, 3.05) is 14.2 Å². The SMILES string of the molecule is COc1cccc(CN2C(=O)C(=O)/C(=C(/O)c3cc(Cl)ccc3OC)C2c2ccncc2)c1. The van der Waals surface area contributed by atoms with Gasteiger partial charge in [0.05, 0.1) is 31.4 Å². The molecule has 0 saturated carbocycles. The van der Waals surface area contributed by atoms with Gasteiger partial charge in [0.2, 0.25) is 0 Å². The number of methoxy groups -OCH3 is 2. The van der Waals surface area contributed by atoms with E-state index in [1.165, 1.54) is 18.1 Å². The van der Waals surface area contributed by atoms with Crippen LogP contribution in [-0.2, 0) is 16.1 Å². The molecule has 1 fully saturated rings. The van der Waals surface area contributed by atoms with Gasteiger partial charge in [0.25, 0.3) is 11.7 Å². The molecule has 1 amide bonds. The Kier molecular flexibility index (Phi) is 6.33. The predicted octanol–water partition coefficient (Wildman–Crippen LogP) is 4.37. The first-order chi connectivity index (χ1) is 15.9. The van der Waals surface area contributed by atoms with Gasteiger partial charge in [-0.05, 0) is 53.6 Å². The summed E-state index contributed by atoms with van der Waals surface area (Å²) in [5, 5.41) is 11.6. The molecular formula is C25H21ClN2O5. The number of likely N-dealkylation sites (tertiary alicyclic amines) is 1. The molecule has 33 heavy (non-hydrogen) atoms. The van der Waals surface area contributed by atoms with Crippen LogP contribution < -0.4 is 9.47 Å². The van der Waals surface area contributed by atoms with Crippen molar-refractivity contribution >= 4 is 29.1 Å². The fourth-order valence-electron chi connectivity index (χ4n) is 3.91. The summed E-state index contributed by atoms with van der Waals surface area (Å²) in [5.41, 5.74) is 1.59. The third-order valence-electron chi connectivity index (χ3n) is 5.47. The number of nitrogens with zero attached hydrogens (tertiary/aromatic N) is 2. The number of halogens is 1. The second-order valence-corrected chi connectivity index (χ2v) is 7.84. The van der Waals surface area contributed by atoms with Crippen molar-refractivity contribution in [1.82, 2.24) is 9.88 Å². The molecule has 1 N–H and O–H groups in total. The smallest absolute Gasteiger partial charge is 0.295 e. The summed E-state index contributed by atoms with van der Waals surface area (Å²) in [6.07, 6.45) is 3.14. The second kappa shape index (κ2) is 9.34. The normalized spacial score (nSPS) is 17.3. The number of Topliss-reactive ketones (excluding diaryl/α,β-unsaturated/α-hetero) is 1. The van der Waals surface area contributed by atoms with Crippen LogP contribution in [-0.4, -0.2) is 40.9 Å². The van der Waals surface area contributed by atoms with Crippen LogP contribution in [0.15, 0.2) is 72.6 Å². The minimum absolute atomic E-state index is 0.0466. The number of rotatable bonds is 6. The molecule has 1 aliphatic heterocycles. The van der Waals surface area contributed by atoms with Gasteiger partial charge in [-0.2, -0.15) is 0 Å². The summed E-state index contributed by atoms with van der Waals surface area (Å²) < 4.78 is 10.6. The van der Waals surface area contributed by atoms with Gasteiger partial charge < -0.3 is 19.5 Å². The van der Waals surface area contributed by atoms with Crippen molar-refractivity contribution in [3.8, 4) is 11.5 Å². The molecule has 1 saturated heterocycles. The summed E-state index contributed by atoms with van der Waals surface area (Å²) in [6.45, 7) is 0.137. The van der Waals surface area contributed by atoms with Crippen LogP contribution >= 0.6 is 11.6 Å². The van der Waals surface area contributed by atoms with E-state index in [9.17, 15) is 14.7 Å². The number of carbonyl (C=O) groups is 2. The first-order valence-electron chi connectivity index (χ1n) is 10.1. The van der Waals surface area contributed by atoms with Crippen LogP contribution in [0, 0.1) is 0 Å². The summed E-state index contributed by atoms with van der Waals surface area (Å²) in [7, 11) is 3.00. The lowest BCUT2D eigenvalue weighted by molar-refractivity contribution is -0.140. The van der Waals surface area contributed by atoms with Crippen LogP contribution in [0.5, 0.6) is 11.5 Å². The minimum Gasteiger partial charge on any atom is -0.507 e. The Bertz CT molecular complexity index is 1240. The van der Waals surface area contributed by atoms with E-state index in [0.717, 1.165) is 5.56 Å². The van der Waals surface area contributed by atoms with Gasteiger partial charge in [0.15, 0.2) is 0 Å². The second-order valence-electron chi connectivity index (χ2n) is 7.40. The zero-order valence-electron chi connectivity index (χ0n) is 18.0. The van der Waals surface area contributed by atoms with E-state index in [1.54, 1.807) is 55.9 Å². The van der Waals surface area contributed by atoms with Crippen molar-refractivity contribution < 1.29 is 24.2 Å². The first kappa shape index (κ1) is 22.4. The molecule has 0 bridgehead atoms. The minimum atomic E-state index is -0.831. The topological polar surface area (TPSA) is 89.0 Å². The largest absolute Gasteiger partial charge is 0.507 e. The molecule has 2 heterocycles. The molecule has 2 aromatic carbocycles. The fraction of sp³-hybridized carbons (Fsp3) is 0.160. The molecule has 8 heteroatoms. The van der Waals surface area contributed by atoms with E-state index in [4.69, 9.17) is 21.1 Å². The number of ketones is 1. The Balaban J connectivity index is 1.88. The highest BCUT2D eigenvalue weighted by molar-refractivity contribution is 6.46. The zero-order valence-corrected chi connectivity index (χ0v) is 18.7. The molecular weight excluding hydrogens is 444 g/mol. The van der Waals surface area contributed by atoms with Crippen molar-refractivity contribution in [1.29, 1.82) is 0 Å². The predicted molar refractivity (Wildman–Crippen MR) is 123 cm³/mol. The van der Waals surface area contributed by atoms with Crippen molar-refractivity contribution in [2.45, 2.75) is 12.6 Å². The van der Waals surface area contributed by atoms with E-state index in [2.05, 4.69) is 4.98 Å². The van der Waals surface area contributed by atoms with Crippen LogP contribution in [0.2, 0.25) is 5.02 Å². The van der Waals surface area contributed by atoms with Crippen molar-refractivity contribution in [3.63, 3.8) is 0 Å². The van der Waals surface area contributed by atoms with Crippen LogP contribution in [0.25, 0.3) is 5.76 Å². The maximum Gasteiger partial charge on any atom is 0.295 e. The standard InChI is InChI=1S/C25H21ClN2O5/c1-32-18-5-3-4-15(12-18)14-28-22(16-8-10-27-11-9-16)21(24(30)25(28)31)23(29)19-13-17(26)6-7-20(19)33-2/h3-13,22,29H,14H2,1-2H3/b23-21+. The van der Waals surface area contributed by atoms with Gasteiger partial charge >= 0.3 is 0 Å². The Morgan fingerprint density at radius 1 is 1.06 bits per heavy atom. The number of aromatic nitrogens is 1. The number of hydrogen-bond acceptors (Lipinski definition) is 6. The van der Waals surface area contributed by atoms with E-state index < -0.39 is 17.7 Å². The highest BCUT2D eigenvalue weighted by Gasteiger charge is 2.46. The highest BCUT2D eigenvalue weighted by atomic mass is 35.5. The Morgan fingerprint density at radius 3 is 2.52 bits per heavy atom. The van der Waals surface area contributed by atoms with Crippen LogP contribution in [0.3, 0.4) is 0 Å². The van der Waals surface area contributed by atoms with E-state index in [1.807, 2.05) is 12.1 Å². The van der Waals surface area contributed by atoms with E-state index in [-0.39, 0.29) is 23.4 Å². The van der Waals surface area contributed by atoms with Gasteiger partial charge in [-0.15, -0.1) is 0 Å². The maximum atomic E-state index is 13.2. The van der Waals surface area contributed by atoms with Gasteiger partial charge in [-0.3, -0.25) is 14.6 Å². The third kappa shape index (κ3) is 4.27. The Labute approximate surface area is 195 Å². The highest BCUT2D eigenvalue weighted by Crippen LogP contribution is 2.42.